The van der Waals surface area contributed by atoms with Crippen LogP contribution in [0, 0.1) is 6.07 Å². The molecule has 0 unspecified atom stereocenters. The number of anilines is 1. The number of nitrogens with zero attached hydrogens (tertiary/aromatic N) is 1. The Labute approximate surface area is 108 Å². The van der Waals surface area contributed by atoms with Crippen LogP contribution in [0.3, 0.4) is 0 Å². The topological polar surface area (TPSA) is 42.0 Å². The molecule has 0 aliphatic heterocycles. The van der Waals surface area contributed by atoms with E-state index in [1.54, 1.807) is 24.3 Å². The van der Waals surface area contributed by atoms with E-state index in [4.69, 9.17) is 0 Å². The van der Waals surface area contributed by atoms with Crippen molar-refractivity contribution in [1.29, 1.82) is 0 Å². The molecule has 2 aromatic carbocycles. The van der Waals surface area contributed by atoms with E-state index in [9.17, 15) is 4.79 Å². The summed E-state index contributed by atoms with van der Waals surface area (Å²) in [7, 11) is 0. The van der Waals surface area contributed by atoms with Crippen LogP contribution in [0.4, 0.5) is 5.13 Å². The molecular weight excluding hydrogens is 244 g/mol. The third-order valence-electron chi connectivity index (χ3n) is 2.48. The second-order valence-electron chi connectivity index (χ2n) is 3.73. The van der Waals surface area contributed by atoms with E-state index >= 15 is 0 Å². The van der Waals surface area contributed by atoms with Crippen LogP contribution >= 0.6 is 11.3 Å². The van der Waals surface area contributed by atoms with Crippen molar-refractivity contribution in [3.63, 3.8) is 0 Å². The number of nitrogens with one attached hydrogen (secondary N) is 1. The van der Waals surface area contributed by atoms with Gasteiger partial charge in [0.05, 0.1) is 10.2 Å². The molecule has 3 rings (SSSR count). The highest BCUT2D eigenvalue weighted by Crippen LogP contribution is 2.25. The number of hydrogen-bond acceptors (Lipinski definition) is 3. The lowest BCUT2D eigenvalue weighted by atomic mass is 10.2. The SMILES string of the molecule is O=C(Nc1nc2ccccc2s1)c1c[c]ccc1. The monoisotopic (exact) mass is 253 g/mol. The zero-order valence-corrected chi connectivity index (χ0v) is 10.2. The summed E-state index contributed by atoms with van der Waals surface area (Å²) in [6.07, 6.45) is 0. The molecular formula is C14H9N2OS. The van der Waals surface area contributed by atoms with Crippen LogP contribution in [0.5, 0.6) is 0 Å². The molecule has 1 N–H and O–H groups in total. The summed E-state index contributed by atoms with van der Waals surface area (Å²) >= 11 is 1.47. The van der Waals surface area contributed by atoms with Crippen LogP contribution in [0.2, 0.25) is 0 Å². The number of carbonyl (C=O) groups excluding carboxylic acids is 1. The molecule has 87 valence electrons. The first-order valence-corrected chi connectivity index (χ1v) is 6.27. The minimum atomic E-state index is -0.161. The van der Waals surface area contributed by atoms with E-state index < -0.39 is 0 Å². The van der Waals surface area contributed by atoms with Crippen molar-refractivity contribution in [1.82, 2.24) is 4.98 Å². The molecule has 4 heteroatoms. The first-order valence-electron chi connectivity index (χ1n) is 5.46. The maximum atomic E-state index is 11.9. The molecule has 0 aliphatic rings. The van der Waals surface area contributed by atoms with Gasteiger partial charge in [0.1, 0.15) is 0 Å². The van der Waals surface area contributed by atoms with Crippen molar-refractivity contribution in [2.75, 3.05) is 5.32 Å². The average Bonchev–Trinajstić information content (AvgIpc) is 2.82. The predicted octanol–water partition coefficient (Wildman–Crippen LogP) is 3.35. The number of para-hydroxylation sites is 1. The van der Waals surface area contributed by atoms with Gasteiger partial charge in [0.2, 0.25) is 0 Å². The number of hydrogen-bond donors (Lipinski definition) is 1. The fourth-order valence-corrected chi connectivity index (χ4v) is 2.49. The van der Waals surface area contributed by atoms with Crippen LogP contribution in [0.15, 0.2) is 48.5 Å². The van der Waals surface area contributed by atoms with Crippen LogP contribution in [0.25, 0.3) is 10.2 Å². The number of benzene rings is 2. The average molecular weight is 253 g/mol. The van der Waals surface area contributed by atoms with Gasteiger partial charge in [0, 0.05) is 5.56 Å². The zero-order valence-electron chi connectivity index (χ0n) is 9.38. The van der Waals surface area contributed by atoms with Crippen molar-refractivity contribution < 1.29 is 4.79 Å². The van der Waals surface area contributed by atoms with Crippen molar-refractivity contribution in [2.45, 2.75) is 0 Å². The molecule has 0 aliphatic carbocycles. The van der Waals surface area contributed by atoms with Crippen LogP contribution in [-0.2, 0) is 0 Å². The molecule has 1 radical (unpaired) electrons. The minimum Gasteiger partial charge on any atom is -0.298 e. The number of amides is 1. The Kier molecular flexibility index (Phi) is 2.78. The van der Waals surface area contributed by atoms with E-state index in [1.165, 1.54) is 11.3 Å². The summed E-state index contributed by atoms with van der Waals surface area (Å²) in [4.78, 5) is 16.3. The number of fused-ring (bicyclic) bond motifs is 1. The number of carbonyl (C=O) groups is 1. The molecule has 0 spiro atoms. The van der Waals surface area contributed by atoms with Gasteiger partial charge in [-0.3, -0.25) is 10.1 Å². The summed E-state index contributed by atoms with van der Waals surface area (Å²) in [6.45, 7) is 0. The van der Waals surface area contributed by atoms with E-state index in [-0.39, 0.29) is 5.91 Å². The number of thiazole rings is 1. The molecule has 1 heterocycles. The van der Waals surface area contributed by atoms with Crippen molar-refractivity contribution in [3.8, 4) is 0 Å². The highest BCUT2D eigenvalue weighted by molar-refractivity contribution is 7.22. The van der Waals surface area contributed by atoms with Gasteiger partial charge in [-0.15, -0.1) is 0 Å². The molecule has 0 saturated heterocycles. The molecule has 0 bridgehead atoms. The van der Waals surface area contributed by atoms with Crippen molar-refractivity contribution in [2.24, 2.45) is 0 Å². The van der Waals surface area contributed by atoms with Gasteiger partial charge in [-0.05, 0) is 30.3 Å². The third-order valence-corrected chi connectivity index (χ3v) is 3.44. The van der Waals surface area contributed by atoms with Crippen LogP contribution in [-0.4, -0.2) is 10.9 Å². The molecule has 3 nitrogen and oxygen atoms in total. The second-order valence-corrected chi connectivity index (χ2v) is 4.76. The minimum absolute atomic E-state index is 0.161. The van der Waals surface area contributed by atoms with Crippen molar-refractivity contribution >= 4 is 32.6 Å². The molecule has 0 atom stereocenters. The Morgan fingerprint density at radius 1 is 1.22 bits per heavy atom. The van der Waals surface area contributed by atoms with Gasteiger partial charge in [-0.25, -0.2) is 4.98 Å². The molecule has 1 aromatic heterocycles. The molecule has 1 amide bonds. The maximum Gasteiger partial charge on any atom is 0.257 e. The Hall–Kier alpha value is -2.20. The first-order chi connectivity index (χ1) is 8.83. The third kappa shape index (κ3) is 2.10. The maximum absolute atomic E-state index is 11.9. The number of rotatable bonds is 2. The summed E-state index contributed by atoms with van der Waals surface area (Å²) in [6, 6.07) is 17.6. The second kappa shape index (κ2) is 4.58. The van der Waals surface area contributed by atoms with E-state index in [1.807, 2.05) is 24.3 Å². The summed E-state index contributed by atoms with van der Waals surface area (Å²) in [5.74, 6) is -0.161. The van der Waals surface area contributed by atoms with Gasteiger partial charge in [0.25, 0.3) is 5.91 Å². The van der Waals surface area contributed by atoms with Gasteiger partial charge in [-0.2, -0.15) is 0 Å². The van der Waals surface area contributed by atoms with E-state index in [0.29, 0.717) is 10.7 Å². The van der Waals surface area contributed by atoms with Crippen LogP contribution < -0.4 is 5.32 Å². The summed E-state index contributed by atoms with van der Waals surface area (Å²) in [5.41, 5.74) is 1.48. The van der Waals surface area contributed by atoms with Gasteiger partial charge in [0.15, 0.2) is 5.13 Å². The molecule has 0 fully saturated rings. The zero-order chi connectivity index (χ0) is 12.4. The van der Waals surface area contributed by atoms with Gasteiger partial charge < -0.3 is 0 Å². The Balaban J connectivity index is 1.86. The van der Waals surface area contributed by atoms with Gasteiger partial charge in [-0.1, -0.05) is 35.6 Å². The Bertz CT molecular complexity index is 658. The largest absolute Gasteiger partial charge is 0.298 e. The normalized spacial score (nSPS) is 10.4. The van der Waals surface area contributed by atoms with E-state index in [2.05, 4.69) is 16.4 Å². The lowest BCUT2D eigenvalue weighted by molar-refractivity contribution is 0.102. The summed E-state index contributed by atoms with van der Waals surface area (Å²) in [5, 5.41) is 3.41. The van der Waals surface area contributed by atoms with Crippen LogP contribution in [0.1, 0.15) is 10.4 Å². The fourth-order valence-electron chi connectivity index (χ4n) is 1.63. The highest BCUT2D eigenvalue weighted by Gasteiger charge is 2.08. The standard InChI is InChI=1S/C14H9N2OS/c17-13(10-6-2-1-3-7-10)16-14-15-11-8-4-5-9-12(11)18-14/h1-2,4-9H,(H,15,16,17). The Morgan fingerprint density at radius 2 is 2.11 bits per heavy atom. The summed E-state index contributed by atoms with van der Waals surface area (Å²) < 4.78 is 1.06. The Morgan fingerprint density at radius 3 is 2.89 bits per heavy atom. The highest BCUT2D eigenvalue weighted by atomic mass is 32.1. The van der Waals surface area contributed by atoms with E-state index in [0.717, 1.165) is 10.2 Å². The number of aromatic nitrogens is 1. The lowest BCUT2D eigenvalue weighted by Crippen LogP contribution is -2.11. The lowest BCUT2D eigenvalue weighted by Gasteiger charge is -1.99. The quantitative estimate of drug-likeness (QED) is 0.761. The van der Waals surface area contributed by atoms with Crippen molar-refractivity contribution in [3.05, 3.63) is 60.2 Å². The fraction of sp³-hybridized carbons (Fsp3) is 0. The molecule has 3 aromatic rings. The smallest absolute Gasteiger partial charge is 0.257 e. The predicted molar refractivity (Wildman–Crippen MR) is 72.9 cm³/mol. The molecule has 18 heavy (non-hydrogen) atoms. The first kappa shape index (κ1) is 10.9. The van der Waals surface area contributed by atoms with Gasteiger partial charge >= 0.3 is 0 Å². The molecule has 0 saturated carbocycles.